The molecule has 1 aromatic heterocycles. The number of rotatable bonds is 6. The van der Waals surface area contributed by atoms with Gasteiger partial charge < -0.3 is 14.0 Å². The van der Waals surface area contributed by atoms with Crippen molar-refractivity contribution in [2.45, 2.75) is 33.9 Å². The summed E-state index contributed by atoms with van der Waals surface area (Å²) in [6.45, 7) is 7.18. The molecule has 0 aliphatic rings. The second-order valence-corrected chi connectivity index (χ2v) is 4.61. The molecule has 2 aromatic rings. The van der Waals surface area contributed by atoms with Gasteiger partial charge in [0.2, 0.25) is 0 Å². The van der Waals surface area contributed by atoms with Crippen LogP contribution in [0, 0.1) is 6.92 Å². The summed E-state index contributed by atoms with van der Waals surface area (Å²) in [5.74, 6) is 3.13. The van der Waals surface area contributed by atoms with E-state index >= 15 is 0 Å². The number of hydrogen-bond acceptors (Lipinski definition) is 4. The van der Waals surface area contributed by atoms with Crippen LogP contribution in [0.25, 0.3) is 6.08 Å². The van der Waals surface area contributed by atoms with E-state index in [1.54, 1.807) is 7.11 Å². The molecule has 0 bridgehead atoms. The molecule has 0 fully saturated rings. The maximum Gasteiger partial charge on any atom is 0.171 e. The number of ether oxygens (including phenoxy) is 2. The van der Waals surface area contributed by atoms with Gasteiger partial charge >= 0.3 is 0 Å². The summed E-state index contributed by atoms with van der Waals surface area (Å²) in [6, 6.07) is 5.85. The van der Waals surface area contributed by atoms with E-state index in [1.165, 1.54) is 0 Å². The van der Waals surface area contributed by atoms with Crippen LogP contribution in [0.4, 0.5) is 0 Å². The molecule has 0 aliphatic heterocycles. The predicted octanol–water partition coefficient (Wildman–Crippen LogP) is 3.23. The lowest BCUT2D eigenvalue weighted by Crippen LogP contribution is -2.07. The Morgan fingerprint density at radius 3 is 2.71 bits per heavy atom. The molecule has 0 radical (unpaired) electrons. The topological polar surface area (TPSA) is 49.2 Å². The molecule has 2 rings (SSSR count). The van der Waals surface area contributed by atoms with Crippen LogP contribution in [0.1, 0.15) is 31.1 Å². The van der Waals surface area contributed by atoms with Crippen LogP contribution in [0.2, 0.25) is 0 Å². The molecule has 5 heteroatoms. The van der Waals surface area contributed by atoms with Crippen molar-refractivity contribution >= 4 is 6.08 Å². The normalized spacial score (nSPS) is 11.0. The SMILES string of the molecule is CC=Cc1ccc(OCc2nnc(C)n2CC)c(OC)c1. The highest BCUT2D eigenvalue weighted by molar-refractivity contribution is 5.55. The molecule has 0 saturated heterocycles. The van der Waals surface area contributed by atoms with E-state index in [9.17, 15) is 0 Å². The molecule has 1 heterocycles. The average molecular weight is 287 g/mol. The Hall–Kier alpha value is -2.30. The lowest BCUT2D eigenvalue weighted by atomic mass is 10.2. The Morgan fingerprint density at radius 2 is 2.05 bits per heavy atom. The number of benzene rings is 1. The van der Waals surface area contributed by atoms with Crippen molar-refractivity contribution in [1.29, 1.82) is 0 Å². The van der Waals surface area contributed by atoms with Gasteiger partial charge in [-0.3, -0.25) is 0 Å². The first-order chi connectivity index (χ1) is 10.2. The van der Waals surface area contributed by atoms with E-state index in [0.717, 1.165) is 23.8 Å². The fourth-order valence-corrected chi connectivity index (χ4v) is 2.18. The highest BCUT2D eigenvalue weighted by Crippen LogP contribution is 2.29. The van der Waals surface area contributed by atoms with E-state index in [0.29, 0.717) is 18.1 Å². The third-order valence-corrected chi connectivity index (χ3v) is 3.23. The summed E-state index contributed by atoms with van der Waals surface area (Å²) >= 11 is 0. The van der Waals surface area contributed by atoms with E-state index < -0.39 is 0 Å². The van der Waals surface area contributed by atoms with E-state index in [1.807, 2.05) is 48.8 Å². The Morgan fingerprint density at radius 1 is 1.24 bits per heavy atom. The van der Waals surface area contributed by atoms with Crippen LogP contribution in [0.15, 0.2) is 24.3 Å². The maximum atomic E-state index is 5.83. The highest BCUT2D eigenvalue weighted by atomic mass is 16.5. The Labute approximate surface area is 125 Å². The van der Waals surface area contributed by atoms with Gasteiger partial charge in [0.15, 0.2) is 17.3 Å². The molecule has 0 saturated carbocycles. The lowest BCUT2D eigenvalue weighted by molar-refractivity contribution is 0.271. The first-order valence-electron chi connectivity index (χ1n) is 7.01. The predicted molar refractivity (Wildman–Crippen MR) is 82.5 cm³/mol. The average Bonchev–Trinajstić information content (AvgIpc) is 2.86. The zero-order valence-electron chi connectivity index (χ0n) is 13.0. The Bertz CT molecular complexity index is 632. The van der Waals surface area contributed by atoms with Gasteiger partial charge in [-0.1, -0.05) is 18.2 Å². The smallest absolute Gasteiger partial charge is 0.171 e. The zero-order valence-corrected chi connectivity index (χ0v) is 13.0. The van der Waals surface area contributed by atoms with E-state index in [-0.39, 0.29) is 0 Å². The molecule has 0 N–H and O–H groups in total. The molecule has 0 unspecified atom stereocenters. The molecule has 112 valence electrons. The zero-order chi connectivity index (χ0) is 15.2. The van der Waals surface area contributed by atoms with Gasteiger partial charge in [0.05, 0.1) is 7.11 Å². The summed E-state index contributed by atoms with van der Waals surface area (Å²) in [4.78, 5) is 0. The highest BCUT2D eigenvalue weighted by Gasteiger charge is 2.10. The quantitative estimate of drug-likeness (QED) is 0.818. The van der Waals surface area contributed by atoms with Gasteiger partial charge in [-0.2, -0.15) is 0 Å². The largest absolute Gasteiger partial charge is 0.493 e. The Balaban J connectivity index is 2.15. The molecule has 5 nitrogen and oxygen atoms in total. The van der Waals surface area contributed by atoms with Crippen LogP contribution >= 0.6 is 0 Å². The van der Waals surface area contributed by atoms with Gasteiger partial charge in [0.25, 0.3) is 0 Å². The van der Waals surface area contributed by atoms with E-state index in [4.69, 9.17) is 9.47 Å². The fraction of sp³-hybridized carbons (Fsp3) is 0.375. The Kier molecular flexibility index (Phi) is 4.98. The van der Waals surface area contributed by atoms with Gasteiger partial charge in [-0.25, -0.2) is 0 Å². The molecule has 1 aromatic carbocycles. The molecular weight excluding hydrogens is 266 g/mol. The van der Waals surface area contributed by atoms with Crippen molar-refractivity contribution in [2.75, 3.05) is 7.11 Å². The fourth-order valence-electron chi connectivity index (χ4n) is 2.18. The molecule has 0 aliphatic carbocycles. The van der Waals surface area contributed by atoms with Crippen molar-refractivity contribution in [3.05, 3.63) is 41.5 Å². The maximum absolute atomic E-state index is 5.83. The molecular formula is C16H21N3O2. The van der Waals surface area contributed by atoms with Crippen LogP contribution in [-0.4, -0.2) is 21.9 Å². The number of hydrogen-bond donors (Lipinski definition) is 0. The van der Waals surface area contributed by atoms with Gasteiger partial charge in [0, 0.05) is 6.54 Å². The summed E-state index contributed by atoms with van der Waals surface area (Å²) in [6.07, 6.45) is 4.01. The van der Waals surface area contributed by atoms with Gasteiger partial charge in [-0.15, -0.1) is 10.2 Å². The summed E-state index contributed by atoms with van der Waals surface area (Å²) < 4.78 is 13.2. The molecule has 0 spiro atoms. The summed E-state index contributed by atoms with van der Waals surface area (Å²) in [5, 5.41) is 8.21. The first kappa shape index (κ1) is 15.1. The van der Waals surface area contributed by atoms with Crippen LogP contribution < -0.4 is 9.47 Å². The van der Waals surface area contributed by atoms with Crippen molar-refractivity contribution < 1.29 is 9.47 Å². The third kappa shape index (κ3) is 3.42. The minimum Gasteiger partial charge on any atom is -0.493 e. The van der Waals surface area contributed by atoms with Crippen LogP contribution in [-0.2, 0) is 13.2 Å². The van der Waals surface area contributed by atoms with E-state index in [2.05, 4.69) is 17.1 Å². The summed E-state index contributed by atoms with van der Waals surface area (Å²) in [5.41, 5.74) is 1.08. The van der Waals surface area contributed by atoms with Crippen LogP contribution in [0.5, 0.6) is 11.5 Å². The van der Waals surface area contributed by atoms with Crippen molar-refractivity contribution in [1.82, 2.24) is 14.8 Å². The van der Waals surface area contributed by atoms with Gasteiger partial charge in [-0.05, 0) is 38.5 Å². The first-order valence-corrected chi connectivity index (χ1v) is 7.01. The second-order valence-electron chi connectivity index (χ2n) is 4.61. The number of allylic oxidation sites excluding steroid dienone is 1. The number of nitrogens with zero attached hydrogens (tertiary/aromatic N) is 3. The van der Waals surface area contributed by atoms with Crippen molar-refractivity contribution in [3.63, 3.8) is 0 Å². The second kappa shape index (κ2) is 6.92. The van der Waals surface area contributed by atoms with Crippen molar-refractivity contribution in [2.24, 2.45) is 0 Å². The lowest BCUT2D eigenvalue weighted by Gasteiger charge is -2.11. The minimum atomic E-state index is 0.369. The van der Waals surface area contributed by atoms with Gasteiger partial charge in [0.1, 0.15) is 12.4 Å². The standard InChI is InChI=1S/C16H21N3O2/c1-5-7-13-8-9-14(15(10-13)20-4)21-11-16-18-17-12(3)19(16)6-2/h5,7-10H,6,11H2,1-4H3. The van der Waals surface area contributed by atoms with Crippen molar-refractivity contribution in [3.8, 4) is 11.5 Å². The minimum absolute atomic E-state index is 0.369. The third-order valence-electron chi connectivity index (χ3n) is 3.23. The molecule has 21 heavy (non-hydrogen) atoms. The monoisotopic (exact) mass is 287 g/mol. The molecule has 0 amide bonds. The number of methoxy groups -OCH3 is 1. The number of aryl methyl sites for hydroxylation is 1. The molecule has 0 atom stereocenters. The summed E-state index contributed by atoms with van der Waals surface area (Å²) in [7, 11) is 1.64. The number of aromatic nitrogens is 3. The van der Waals surface area contributed by atoms with Crippen LogP contribution in [0.3, 0.4) is 0 Å².